The van der Waals surface area contributed by atoms with Crippen LogP contribution in [0.3, 0.4) is 0 Å². The molecule has 0 atom stereocenters. The molecule has 0 bridgehead atoms. The molecule has 2 aromatic carbocycles. The van der Waals surface area contributed by atoms with E-state index in [1.54, 1.807) is 36.4 Å². The van der Waals surface area contributed by atoms with Gasteiger partial charge in [0.2, 0.25) is 0 Å². The van der Waals surface area contributed by atoms with Gasteiger partial charge in [-0.2, -0.15) is 0 Å². The number of benzene rings is 2. The second-order valence-electron chi connectivity index (χ2n) is 5.37. The summed E-state index contributed by atoms with van der Waals surface area (Å²) in [7, 11) is -0.746. The monoisotopic (exact) mass is 359 g/mol. The zero-order valence-corrected chi connectivity index (χ0v) is 14.8. The largest absolute Gasteiger partial charge is 0.493 e. The highest BCUT2D eigenvalue weighted by Crippen LogP contribution is 2.34. The number of rotatable bonds is 5. The zero-order chi connectivity index (χ0) is 18.0. The van der Waals surface area contributed by atoms with Crippen LogP contribution >= 0.6 is 0 Å². The number of aromatic nitrogens is 2. The Kier molecular flexibility index (Phi) is 4.45. The second kappa shape index (κ2) is 6.56. The summed E-state index contributed by atoms with van der Waals surface area (Å²) in [5.74, 6) is 1.13. The normalized spacial score (nSPS) is 11.3. The van der Waals surface area contributed by atoms with Crippen LogP contribution in [0.4, 0.5) is 5.82 Å². The van der Waals surface area contributed by atoms with Crippen LogP contribution in [0.15, 0.2) is 47.6 Å². The van der Waals surface area contributed by atoms with Crippen LogP contribution in [0.5, 0.6) is 11.5 Å². The van der Waals surface area contributed by atoms with E-state index in [4.69, 9.17) is 9.47 Å². The Bertz CT molecular complexity index is 1020. The van der Waals surface area contributed by atoms with Gasteiger partial charge < -0.3 is 9.47 Å². The Morgan fingerprint density at radius 1 is 0.960 bits per heavy atom. The number of fused-ring (bicyclic) bond motifs is 1. The topological polar surface area (TPSA) is 90.4 Å². The first kappa shape index (κ1) is 17.0. The number of hydrogen-bond donors (Lipinski definition) is 1. The van der Waals surface area contributed by atoms with Gasteiger partial charge in [-0.3, -0.25) is 4.72 Å². The summed E-state index contributed by atoms with van der Waals surface area (Å²) in [5, 5.41) is 0.510. The molecule has 0 unspecified atom stereocenters. The van der Waals surface area contributed by atoms with E-state index in [1.807, 2.05) is 6.92 Å². The van der Waals surface area contributed by atoms with E-state index in [-0.39, 0.29) is 10.7 Å². The number of hydrogen-bond acceptors (Lipinski definition) is 6. The van der Waals surface area contributed by atoms with Gasteiger partial charge >= 0.3 is 0 Å². The maximum absolute atomic E-state index is 12.6. The van der Waals surface area contributed by atoms with E-state index in [0.717, 1.165) is 5.56 Å². The third-order valence-corrected chi connectivity index (χ3v) is 5.06. The van der Waals surface area contributed by atoms with Gasteiger partial charge in [-0.15, -0.1) is 0 Å². The van der Waals surface area contributed by atoms with Crippen LogP contribution in [0.25, 0.3) is 10.9 Å². The van der Waals surface area contributed by atoms with Crippen LogP contribution in [0.1, 0.15) is 5.56 Å². The van der Waals surface area contributed by atoms with Crippen LogP contribution < -0.4 is 14.2 Å². The third-order valence-electron chi connectivity index (χ3n) is 3.70. The summed E-state index contributed by atoms with van der Waals surface area (Å²) in [5.41, 5.74) is 1.51. The van der Waals surface area contributed by atoms with Gasteiger partial charge in [0.05, 0.1) is 24.6 Å². The fourth-order valence-corrected chi connectivity index (χ4v) is 3.40. The Morgan fingerprint density at radius 3 is 2.24 bits per heavy atom. The first-order valence-electron chi connectivity index (χ1n) is 7.41. The van der Waals surface area contributed by atoms with Gasteiger partial charge in [-0.25, -0.2) is 18.4 Å². The Labute approximate surface area is 145 Å². The first-order valence-corrected chi connectivity index (χ1v) is 8.89. The van der Waals surface area contributed by atoms with Crippen molar-refractivity contribution in [3.8, 4) is 11.5 Å². The summed E-state index contributed by atoms with van der Waals surface area (Å²) >= 11 is 0. The smallest absolute Gasteiger partial charge is 0.263 e. The highest BCUT2D eigenvalue weighted by atomic mass is 32.2. The van der Waals surface area contributed by atoms with Crippen molar-refractivity contribution in [2.75, 3.05) is 18.9 Å². The summed E-state index contributed by atoms with van der Waals surface area (Å²) < 4.78 is 38.2. The number of anilines is 1. The third kappa shape index (κ3) is 3.34. The van der Waals surface area contributed by atoms with E-state index >= 15 is 0 Å². The molecule has 8 heteroatoms. The predicted molar refractivity (Wildman–Crippen MR) is 94.6 cm³/mol. The highest BCUT2D eigenvalue weighted by molar-refractivity contribution is 7.92. The molecule has 0 fully saturated rings. The Hall–Kier alpha value is -2.87. The molecule has 0 saturated carbocycles. The van der Waals surface area contributed by atoms with E-state index in [2.05, 4.69) is 14.7 Å². The lowest BCUT2D eigenvalue weighted by Gasteiger charge is -2.12. The molecule has 0 aliphatic carbocycles. The summed E-state index contributed by atoms with van der Waals surface area (Å²) in [6.45, 7) is 1.89. The fraction of sp³-hybridized carbons (Fsp3) is 0.176. The summed E-state index contributed by atoms with van der Waals surface area (Å²) in [4.78, 5) is 8.38. The maximum Gasteiger partial charge on any atom is 0.263 e. The molecule has 0 aliphatic rings. The van der Waals surface area contributed by atoms with Crippen molar-refractivity contribution in [2.24, 2.45) is 0 Å². The molecule has 1 heterocycles. The number of ether oxygens (including phenoxy) is 2. The molecule has 0 radical (unpaired) electrons. The lowest BCUT2D eigenvalue weighted by molar-refractivity contribution is 0.356. The molecule has 3 aromatic rings. The van der Waals surface area contributed by atoms with Crippen LogP contribution in [-0.2, 0) is 10.0 Å². The van der Waals surface area contributed by atoms with Gasteiger partial charge in [0.15, 0.2) is 17.3 Å². The SMILES string of the molecule is COc1cc2ncnc(NS(=O)(=O)c3ccc(C)cc3)c2cc1OC. The van der Waals surface area contributed by atoms with Gasteiger partial charge in [-0.1, -0.05) is 17.7 Å². The van der Waals surface area contributed by atoms with E-state index in [9.17, 15) is 8.42 Å². The zero-order valence-electron chi connectivity index (χ0n) is 14.0. The van der Waals surface area contributed by atoms with Crippen molar-refractivity contribution in [1.82, 2.24) is 9.97 Å². The molecular formula is C17H17N3O4S. The van der Waals surface area contributed by atoms with Crippen molar-refractivity contribution >= 4 is 26.7 Å². The van der Waals surface area contributed by atoms with Crippen molar-refractivity contribution in [3.05, 3.63) is 48.3 Å². The molecule has 3 rings (SSSR count). The maximum atomic E-state index is 12.6. The van der Waals surface area contributed by atoms with Crippen LogP contribution in [-0.4, -0.2) is 32.6 Å². The lowest BCUT2D eigenvalue weighted by atomic mass is 10.2. The number of nitrogens with one attached hydrogen (secondary N) is 1. The number of methoxy groups -OCH3 is 2. The van der Waals surface area contributed by atoms with Crippen molar-refractivity contribution in [3.63, 3.8) is 0 Å². The molecule has 0 saturated heterocycles. The number of sulfonamides is 1. The average molecular weight is 359 g/mol. The molecule has 7 nitrogen and oxygen atoms in total. The van der Waals surface area contributed by atoms with Gasteiger partial charge in [0.1, 0.15) is 6.33 Å². The van der Waals surface area contributed by atoms with E-state index in [1.165, 1.54) is 20.5 Å². The van der Waals surface area contributed by atoms with Crippen molar-refractivity contribution in [2.45, 2.75) is 11.8 Å². The lowest BCUT2D eigenvalue weighted by Crippen LogP contribution is -2.14. The van der Waals surface area contributed by atoms with Crippen LogP contribution in [0, 0.1) is 6.92 Å². The standard InChI is InChI=1S/C17H17N3O4S/c1-11-4-6-12(7-5-11)25(21,22)20-17-13-8-15(23-2)16(24-3)9-14(13)18-10-19-17/h4-10H,1-3H3,(H,18,19,20). The predicted octanol–water partition coefficient (Wildman–Crippen LogP) is 2.76. The minimum atomic E-state index is -3.77. The Morgan fingerprint density at radius 2 is 1.60 bits per heavy atom. The summed E-state index contributed by atoms with van der Waals surface area (Å²) in [6.07, 6.45) is 1.29. The van der Waals surface area contributed by atoms with Gasteiger partial charge in [0, 0.05) is 11.5 Å². The van der Waals surface area contributed by atoms with Gasteiger partial charge in [0.25, 0.3) is 10.0 Å². The molecule has 25 heavy (non-hydrogen) atoms. The van der Waals surface area contributed by atoms with Crippen molar-refractivity contribution < 1.29 is 17.9 Å². The minimum Gasteiger partial charge on any atom is -0.493 e. The highest BCUT2D eigenvalue weighted by Gasteiger charge is 2.18. The summed E-state index contributed by atoms with van der Waals surface area (Å²) in [6, 6.07) is 9.87. The average Bonchev–Trinajstić information content (AvgIpc) is 2.61. The van der Waals surface area contributed by atoms with E-state index < -0.39 is 10.0 Å². The molecule has 1 N–H and O–H groups in total. The van der Waals surface area contributed by atoms with Crippen LogP contribution in [0.2, 0.25) is 0 Å². The Balaban J connectivity index is 2.08. The number of nitrogens with zero attached hydrogens (tertiary/aromatic N) is 2. The quantitative estimate of drug-likeness (QED) is 0.753. The first-order chi connectivity index (χ1) is 11.9. The number of aryl methyl sites for hydroxylation is 1. The molecule has 0 aliphatic heterocycles. The molecule has 0 amide bonds. The second-order valence-corrected chi connectivity index (χ2v) is 7.05. The molecular weight excluding hydrogens is 342 g/mol. The minimum absolute atomic E-state index is 0.158. The molecule has 0 spiro atoms. The molecule has 1 aromatic heterocycles. The fourth-order valence-electron chi connectivity index (χ4n) is 2.37. The van der Waals surface area contributed by atoms with Crippen molar-refractivity contribution in [1.29, 1.82) is 0 Å². The molecule has 130 valence electrons. The van der Waals surface area contributed by atoms with Gasteiger partial charge in [-0.05, 0) is 25.1 Å². The van der Waals surface area contributed by atoms with E-state index in [0.29, 0.717) is 22.4 Å².